The monoisotopic (exact) mass is 403 g/mol. The molecule has 2 aromatic carbocycles. The molecule has 3 aromatic rings. The van der Waals surface area contributed by atoms with Crippen molar-refractivity contribution in [2.75, 3.05) is 13.6 Å². The first kappa shape index (κ1) is 18.9. The van der Waals surface area contributed by atoms with Crippen LogP contribution in [-0.4, -0.2) is 28.7 Å². The highest BCUT2D eigenvalue weighted by molar-refractivity contribution is 6.30. The Morgan fingerprint density at radius 3 is 2.39 bits per heavy atom. The Morgan fingerprint density at radius 2 is 1.75 bits per heavy atom. The fourth-order valence-electron chi connectivity index (χ4n) is 3.62. The summed E-state index contributed by atoms with van der Waals surface area (Å²) >= 11 is 6.01. The largest absolute Gasteiger partial charge is 0.435 e. The van der Waals surface area contributed by atoms with Gasteiger partial charge in [-0.3, -0.25) is 0 Å². The highest BCUT2D eigenvalue weighted by Crippen LogP contribution is 2.35. The molecule has 4 rings (SSSR count). The minimum Gasteiger partial charge on any atom is -0.301 e. The van der Waals surface area contributed by atoms with Gasteiger partial charge in [0.15, 0.2) is 5.69 Å². The van der Waals surface area contributed by atoms with Crippen molar-refractivity contribution in [1.82, 2.24) is 15.1 Å². The molecular weight excluding hydrogens is 387 g/mol. The molecule has 144 valence electrons. The number of likely N-dealkylation sites (N-methyl/N-ethyl adjacent to an activating group) is 1. The van der Waals surface area contributed by atoms with Crippen LogP contribution < -0.4 is 0 Å². The molecule has 3 nitrogen and oxygen atoms in total. The van der Waals surface area contributed by atoms with Crippen LogP contribution in [-0.2, 0) is 12.7 Å². The molecule has 1 aliphatic rings. The van der Waals surface area contributed by atoms with Gasteiger partial charge in [-0.15, -0.1) is 10.2 Å². The lowest BCUT2D eigenvalue weighted by atomic mass is 9.84. The van der Waals surface area contributed by atoms with Crippen molar-refractivity contribution >= 4 is 11.6 Å². The Morgan fingerprint density at radius 1 is 1.00 bits per heavy atom. The lowest BCUT2D eigenvalue weighted by molar-refractivity contribution is -0.141. The summed E-state index contributed by atoms with van der Waals surface area (Å²) in [6, 6.07) is 16.1. The molecule has 0 N–H and O–H groups in total. The van der Waals surface area contributed by atoms with Crippen molar-refractivity contribution < 1.29 is 13.2 Å². The predicted molar refractivity (Wildman–Crippen MR) is 102 cm³/mol. The van der Waals surface area contributed by atoms with E-state index in [0.717, 1.165) is 30.3 Å². The third-order valence-corrected chi connectivity index (χ3v) is 5.23. The Hall–Kier alpha value is -2.44. The smallest absolute Gasteiger partial charge is 0.301 e. The second-order valence-corrected chi connectivity index (χ2v) is 7.45. The molecule has 7 heteroatoms. The minimum absolute atomic E-state index is 0.207. The van der Waals surface area contributed by atoms with Gasteiger partial charge < -0.3 is 4.90 Å². The first-order chi connectivity index (χ1) is 13.3. The highest BCUT2D eigenvalue weighted by Gasteiger charge is 2.33. The summed E-state index contributed by atoms with van der Waals surface area (Å²) in [5.74, 6) is 0.207. The third-order valence-electron chi connectivity index (χ3n) is 4.98. The van der Waals surface area contributed by atoms with E-state index in [2.05, 4.69) is 22.1 Å². The zero-order chi connectivity index (χ0) is 19.9. The molecule has 0 radical (unpaired) electrons. The van der Waals surface area contributed by atoms with E-state index >= 15 is 0 Å². The quantitative estimate of drug-likeness (QED) is 0.574. The van der Waals surface area contributed by atoms with Crippen molar-refractivity contribution in [3.8, 4) is 11.3 Å². The van der Waals surface area contributed by atoms with E-state index in [0.29, 0.717) is 10.7 Å². The van der Waals surface area contributed by atoms with Crippen molar-refractivity contribution in [3.05, 3.63) is 82.0 Å². The van der Waals surface area contributed by atoms with E-state index in [1.165, 1.54) is 17.2 Å². The maximum absolute atomic E-state index is 12.7. The second-order valence-electron chi connectivity index (χ2n) is 7.02. The number of halogens is 4. The van der Waals surface area contributed by atoms with Gasteiger partial charge in [-0.25, -0.2) is 0 Å². The molecule has 1 aromatic heterocycles. The van der Waals surface area contributed by atoms with E-state index in [-0.39, 0.29) is 5.92 Å². The van der Waals surface area contributed by atoms with Gasteiger partial charge >= 0.3 is 6.18 Å². The number of nitrogens with zero attached hydrogens (tertiary/aromatic N) is 3. The summed E-state index contributed by atoms with van der Waals surface area (Å²) in [4.78, 5) is 2.23. The summed E-state index contributed by atoms with van der Waals surface area (Å²) in [5.41, 5.74) is 3.71. The van der Waals surface area contributed by atoms with Crippen LogP contribution >= 0.6 is 11.6 Å². The van der Waals surface area contributed by atoms with E-state index in [9.17, 15) is 13.2 Å². The fraction of sp³-hybridized carbons (Fsp3) is 0.238. The van der Waals surface area contributed by atoms with E-state index in [1.54, 1.807) is 0 Å². The van der Waals surface area contributed by atoms with Gasteiger partial charge in [-0.2, -0.15) is 13.2 Å². The van der Waals surface area contributed by atoms with E-state index < -0.39 is 11.9 Å². The number of fused-ring (bicyclic) bond motifs is 1. The van der Waals surface area contributed by atoms with Gasteiger partial charge in [0.05, 0.1) is 5.69 Å². The Bertz CT molecular complexity index is 985. The molecule has 2 heterocycles. The zero-order valence-corrected chi connectivity index (χ0v) is 15.8. The average molecular weight is 404 g/mol. The molecule has 0 bridgehead atoms. The molecule has 0 saturated heterocycles. The molecule has 0 saturated carbocycles. The van der Waals surface area contributed by atoms with Crippen molar-refractivity contribution in [3.63, 3.8) is 0 Å². The summed E-state index contributed by atoms with van der Waals surface area (Å²) in [6.07, 6.45) is -4.49. The molecule has 28 heavy (non-hydrogen) atoms. The summed E-state index contributed by atoms with van der Waals surface area (Å²) in [6.45, 7) is 1.65. The molecule has 0 aliphatic carbocycles. The van der Waals surface area contributed by atoms with Crippen LogP contribution in [0.5, 0.6) is 0 Å². The van der Waals surface area contributed by atoms with E-state index in [1.807, 2.05) is 42.5 Å². The van der Waals surface area contributed by atoms with Crippen molar-refractivity contribution in [2.45, 2.75) is 18.6 Å². The Labute approximate surface area is 165 Å². The van der Waals surface area contributed by atoms with Crippen LogP contribution in [0.3, 0.4) is 0 Å². The number of benzene rings is 2. The van der Waals surface area contributed by atoms with Gasteiger partial charge in [-0.1, -0.05) is 35.9 Å². The summed E-state index contributed by atoms with van der Waals surface area (Å²) in [7, 11) is 2.05. The van der Waals surface area contributed by atoms with Gasteiger partial charge in [0.1, 0.15) is 0 Å². The number of hydrogen-bond donors (Lipinski definition) is 0. The molecule has 1 unspecified atom stereocenters. The normalized spacial score (nSPS) is 17.4. The summed E-state index contributed by atoms with van der Waals surface area (Å²) in [5, 5.41) is 7.80. The molecule has 0 fully saturated rings. The zero-order valence-electron chi connectivity index (χ0n) is 15.0. The molecule has 0 amide bonds. The summed E-state index contributed by atoms with van der Waals surface area (Å²) < 4.78 is 38.1. The Balaban J connectivity index is 1.69. The van der Waals surface area contributed by atoms with Crippen LogP contribution in [0.1, 0.15) is 28.3 Å². The van der Waals surface area contributed by atoms with Crippen molar-refractivity contribution in [2.24, 2.45) is 0 Å². The maximum Gasteiger partial charge on any atom is 0.435 e. The SMILES string of the molecule is CN1Cc2cc(-c3ccc(C(F)(F)F)nn3)ccc2C(c2ccc(Cl)cc2)C1. The van der Waals surface area contributed by atoms with E-state index in [4.69, 9.17) is 11.6 Å². The number of aromatic nitrogens is 2. The standard InChI is InChI=1S/C21H17ClF3N3/c1-28-11-15-10-14(19-8-9-20(27-26-19)21(23,24)25)4-7-17(15)18(12-28)13-2-5-16(22)6-3-13/h2-10,18H,11-12H2,1H3. The lowest BCUT2D eigenvalue weighted by Gasteiger charge is -2.33. The van der Waals surface area contributed by atoms with Crippen LogP contribution in [0.25, 0.3) is 11.3 Å². The van der Waals surface area contributed by atoms with Crippen molar-refractivity contribution in [1.29, 1.82) is 0 Å². The Kier molecular flexibility index (Phi) is 4.85. The van der Waals surface area contributed by atoms with Gasteiger partial charge in [-0.05, 0) is 54.1 Å². The average Bonchev–Trinajstić information content (AvgIpc) is 2.67. The topological polar surface area (TPSA) is 29.0 Å². The van der Waals surface area contributed by atoms with Gasteiger partial charge in [0, 0.05) is 29.6 Å². The van der Waals surface area contributed by atoms with Crippen LogP contribution in [0.2, 0.25) is 5.02 Å². The van der Waals surface area contributed by atoms with Crippen LogP contribution in [0, 0.1) is 0 Å². The third kappa shape index (κ3) is 3.75. The molecular formula is C21H17ClF3N3. The molecule has 1 atom stereocenters. The van der Waals surface area contributed by atoms with Crippen LogP contribution in [0.4, 0.5) is 13.2 Å². The maximum atomic E-state index is 12.7. The van der Waals surface area contributed by atoms with Crippen LogP contribution in [0.15, 0.2) is 54.6 Å². The second kappa shape index (κ2) is 7.18. The molecule has 0 spiro atoms. The van der Waals surface area contributed by atoms with Gasteiger partial charge in [0.2, 0.25) is 0 Å². The highest BCUT2D eigenvalue weighted by atomic mass is 35.5. The minimum atomic E-state index is -4.49. The molecule has 1 aliphatic heterocycles. The lowest BCUT2D eigenvalue weighted by Crippen LogP contribution is -2.31. The fourth-order valence-corrected chi connectivity index (χ4v) is 3.75. The number of rotatable bonds is 2. The van der Waals surface area contributed by atoms with Gasteiger partial charge in [0.25, 0.3) is 0 Å². The first-order valence-electron chi connectivity index (χ1n) is 8.79. The predicted octanol–water partition coefficient (Wildman–Crippen LogP) is 5.39. The first-order valence-corrected chi connectivity index (χ1v) is 9.17. The number of hydrogen-bond acceptors (Lipinski definition) is 3. The number of alkyl halides is 3.